The molecule has 110 valence electrons. The van der Waals surface area contributed by atoms with E-state index in [-0.39, 0.29) is 10.9 Å². The fourth-order valence-corrected chi connectivity index (χ4v) is 4.24. The van der Waals surface area contributed by atoms with Crippen molar-refractivity contribution in [3.63, 3.8) is 0 Å². The number of rotatable bonds is 3. The van der Waals surface area contributed by atoms with Crippen molar-refractivity contribution < 1.29 is 8.42 Å². The summed E-state index contributed by atoms with van der Waals surface area (Å²) in [6.07, 6.45) is 4.26. The van der Waals surface area contributed by atoms with E-state index in [4.69, 9.17) is 0 Å². The van der Waals surface area contributed by atoms with Crippen LogP contribution in [-0.2, 0) is 16.4 Å². The molecule has 0 bridgehead atoms. The number of aromatic amines is 1. The standard InChI is InChI=1S/C15H16N2O3S/c1-17(13-7-6-11-4-2-3-5-12(11)13)21(19,20)15-10-16-9-8-14(15)18/h2-5,8-10,13H,6-7H2,1H3,(H,16,18). The highest BCUT2D eigenvalue weighted by Gasteiger charge is 2.34. The van der Waals surface area contributed by atoms with Crippen LogP contribution in [-0.4, -0.2) is 24.8 Å². The van der Waals surface area contributed by atoms with Crippen LogP contribution in [0.2, 0.25) is 0 Å². The van der Waals surface area contributed by atoms with Gasteiger partial charge in [0.15, 0.2) is 0 Å². The van der Waals surface area contributed by atoms with Gasteiger partial charge >= 0.3 is 0 Å². The Bertz CT molecular complexity index is 827. The summed E-state index contributed by atoms with van der Waals surface area (Å²) in [7, 11) is -2.27. The largest absolute Gasteiger partial charge is 0.366 e. The number of hydrogen-bond acceptors (Lipinski definition) is 3. The lowest BCUT2D eigenvalue weighted by molar-refractivity contribution is 0.374. The fourth-order valence-electron chi connectivity index (χ4n) is 2.84. The van der Waals surface area contributed by atoms with Gasteiger partial charge in [-0.05, 0) is 24.0 Å². The van der Waals surface area contributed by atoms with Gasteiger partial charge in [-0.25, -0.2) is 8.42 Å². The summed E-state index contributed by atoms with van der Waals surface area (Å²) in [4.78, 5) is 14.3. The lowest BCUT2D eigenvalue weighted by Gasteiger charge is -2.24. The maximum absolute atomic E-state index is 12.7. The first-order valence-electron chi connectivity index (χ1n) is 6.75. The first-order valence-corrected chi connectivity index (χ1v) is 8.19. The third kappa shape index (κ3) is 2.30. The molecular weight excluding hydrogens is 288 g/mol. The molecule has 0 amide bonds. The number of aryl methyl sites for hydroxylation is 1. The van der Waals surface area contributed by atoms with Crippen molar-refractivity contribution in [3.05, 3.63) is 64.1 Å². The van der Waals surface area contributed by atoms with Crippen LogP contribution in [0.5, 0.6) is 0 Å². The number of nitrogens with one attached hydrogen (secondary N) is 1. The van der Waals surface area contributed by atoms with Gasteiger partial charge in [-0.15, -0.1) is 0 Å². The zero-order chi connectivity index (χ0) is 15.0. The van der Waals surface area contributed by atoms with E-state index in [1.807, 2.05) is 24.3 Å². The van der Waals surface area contributed by atoms with Crippen molar-refractivity contribution in [1.29, 1.82) is 0 Å². The SMILES string of the molecule is CN(C1CCc2ccccc21)S(=O)(=O)c1c[nH]ccc1=O. The predicted molar refractivity (Wildman–Crippen MR) is 79.5 cm³/mol. The predicted octanol–water partition coefficient (Wildman–Crippen LogP) is 1.68. The average Bonchev–Trinajstić information content (AvgIpc) is 2.90. The zero-order valence-electron chi connectivity index (χ0n) is 11.6. The summed E-state index contributed by atoms with van der Waals surface area (Å²) < 4.78 is 26.6. The molecule has 1 atom stereocenters. The maximum atomic E-state index is 12.7. The first-order chi connectivity index (χ1) is 10.0. The third-order valence-corrected chi connectivity index (χ3v) is 5.87. The molecule has 0 fully saturated rings. The Hall–Kier alpha value is -1.92. The summed E-state index contributed by atoms with van der Waals surface area (Å²) in [5, 5.41) is 0. The summed E-state index contributed by atoms with van der Waals surface area (Å²) in [5.74, 6) is 0. The number of sulfonamides is 1. The Labute approximate surface area is 123 Å². The molecule has 1 aromatic carbocycles. The number of H-pyrrole nitrogens is 1. The molecule has 0 saturated heterocycles. The topological polar surface area (TPSA) is 70.2 Å². The molecule has 3 rings (SSSR count). The molecule has 0 radical (unpaired) electrons. The van der Waals surface area contributed by atoms with Gasteiger partial charge in [0, 0.05) is 25.5 Å². The van der Waals surface area contributed by atoms with Gasteiger partial charge in [-0.1, -0.05) is 24.3 Å². The highest BCUT2D eigenvalue weighted by molar-refractivity contribution is 7.89. The highest BCUT2D eigenvalue weighted by atomic mass is 32.2. The molecular formula is C15H16N2O3S. The van der Waals surface area contributed by atoms with Crippen molar-refractivity contribution >= 4 is 10.0 Å². The summed E-state index contributed by atoms with van der Waals surface area (Å²) in [6, 6.07) is 8.85. The van der Waals surface area contributed by atoms with E-state index < -0.39 is 15.5 Å². The molecule has 1 N–H and O–H groups in total. The van der Waals surface area contributed by atoms with E-state index in [9.17, 15) is 13.2 Å². The third-order valence-electron chi connectivity index (χ3n) is 3.99. The highest BCUT2D eigenvalue weighted by Crippen LogP contribution is 2.36. The Morgan fingerprint density at radius 2 is 2.00 bits per heavy atom. The van der Waals surface area contributed by atoms with E-state index >= 15 is 0 Å². The van der Waals surface area contributed by atoms with Crippen molar-refractivity contribution in [2.45, 2.75) is 23.8 Å². The van der Waals surface area contributed by atoms with Gasteiger partial charge in [0.2, 0.25) is 15.5 Å². The monoisotopic (exact) mass is 304 g/mol. The van der Waals surface area contributed by atoms with Gasteiger partial charge in [0.05, 0.1) is 6.04 Å². The Balaban J connectivity index is 2.02. The van der Waals surface area contributed by atoms with Crippen LogP contribution in [0.15, 0.2) is 52.4 Å². The van der Waals surface area contributed by atoms with Gasteiger partial charge in [0.25, 0.3) is 0 Å². The molecule has 1 aliphatic rings. The van der Waals surface area contributed by atoms with Crippen LogP contribution >= 0.6 is 0 Å². The van der Waals surface area contributed by atoms with Gasteiger partial charge < -0.3 is 4.98 Å². The Morgan fingerprint density at radius 1 is 1.24 bits per heavy atom. The minimum atomic E-state index is -3.81. The van der Waals surface area contributed by atoms with Crippen LogP contribution in [0.3, 0.4) is 0 Å². The number of nitrogens with zero attached hydrogens (tertiary/aromatic N) is 1. The maximum Gasteiger partial charge on any atom is 0.248 e. The van der Waals surface area contributed by atoms with Crippen LogP contribution < -0.4 is 5.43 Å². The van der Waals surface area contributed by atoms with Crippen molar-refractivity contribution in [3.8, 4) is 0 Å². The van der Waals surface area contributed by atoms with E-state index in [1.165, 1.54) is 35.4 Å². The molecule has 0 spiro atoms. The molecule has 2 aromatic rings. The van der Waals surface area contributed by atoms with E-state index in [2.05, 4.69) is 4.98 Å². The molecule has 0 aliphatic heterocycles. The molecule has 1 aliphatic carbocycles. The number of hydrogen-bond donors (Lipinski definition) is 1. The first kappa shape index (κ1) is 14.0. The Morgan fingerprint density at radius 3 is 2.76 bits per heavy atom. The van der Waals surface area contributed by atoms with Crippen molar-refractivity contribution in [2.75, 3.05) is 7.05 Å². The van der Waals surface area contributed by atoms with Gasteiger partial charge in [0.1, 0.15) is 4.90 Å². The second-order valence-electron chi connectivity index (χ2n) is 5.15. The van der Waals surface area contributed by atoms with Gasteiger partial charge in [-0.2, -0.15) is 4.31 Å². The second-order valence-corrected chi connectivity index (χ2v) is 7.11. The number of pyridine rings is 1. The normalized spacial score (nSPS) is 17.9. The lowest BCUT2D eigenvalue weighted by Crippen LogP contribution is -2.33. The molecule has 1 heterocycles. The molecule has 1 aromatic heterocycles. The van der Waals surface area contributed by atoms with E-state index in [1.54, 1.807) is 0 Å². The smallest absolute Gasteiger partial charge is 0.248 e. The van der Waals surface area contributed by atoms with E-state index in [0.717, 1.165) is 18.4 Å². The zero-order valence-corrected chi connectivity index (χ0v) is 12.4. The summed E-state index contributed by atoms with van der Waals surface area (Å²) in [5.41, 5.74) is 1.70. The second kappa shape index (κ2) is 5.13. The van der Waals surface area contributed by atoms with Crippen LogP contribution in [0.25, 0.3) is 0 Å². The van der Waals surface area contributed by atoms with Crippen LogP contribution in [0, 0.1) is 0 Å². The Kier molecular flexibility index (Phi) is 3.43. The quantitative estimate of drug-likeness (QED) is 0.938. The minimum absolute atomic E-state index is 0.211. The van der Waals surface area contributed by atoms with Crippen LogP contribution in [0.1, 0.15) is 23.6 Å². The van der Waals surface area contributed by atoms with Crippen molar-refractivity contribution in [2.24, 2.45) is 0 Å². The molecule has 6 heteroatoms. The fraction of sp³-hybridized carbons (Fsp3) is 0.267. The number of aromatic nitrogens is 1. The summed E-state index contributed by atoms with van der Waals surface area (Å²) in [6.45, 7) is 0. The molecule has 5 nitrogen and oxygen atoms in total. The molecule has 0 saturated carbocycles. The van der Waals surface area contributed by atoms with E-state index in [0.29, 0.717) is 0 Å². The van der Waals surface area contributed by atoms with Crippen LogP contribution in [0.4, 0.5) is 0 Å². The molecule has 21 heavy (non-hydrogen) atoms. The average molecular weight is 304 g/mol. The van der Waals surface area contributed by atoms with Gasteiger partial charge in [-0.3, -0.25) is 4.79 Å². The molecule has 1 unspecified atom stereocenters. The number of benzene rings is 1. The lowest BCUT2D eigenvalue weighted by atomic mass is 10.1. The minimum Gasteiger partial charge on any atom is -0.366 e. The summed E-state index contributed by atoms with van der Waals surface area (Å²) >= 11 is 0. The van der Waals surface area contributed by atoms with Crippen molar-refractivity contribution in [1.82, 2.24) is 9.29 Å². The number of fused-ring (bicyclic) bond motifs is 1.